The summed E-state index contributed by atoms with van der Waals surface area (Å²) in [6.45, 7) is 2.05. The molecule has 2 rings (SSSR count). The normalized spacial score (nSPS) is 17.1. The van der Waals surface area contributed by atoms with Crippen LogP contribution in [0.2, 0.25) is 0 Å². The van der Waals surface area contributed by atoms with Crippen LogP contribution in [0, 0.1) is 0 Å². The van der Waals surface area contributed by atoms with Crippen molar-refractivity contribution in [3.8, 4) is 0 Å². The summed E-state index contributed by atoms with van der Waals surface area (Å²) in [5.41, 5.74) is 1.41. The van der Waals surface area contributed by atoms with E-state index in [4.69, 9.17) is 0 Å². The van der Waals surface area contributed by atoms with Crippen LogP contribution in [0.15, 0.2) is 18.2 Å². The molecule has 1 N–H and O–H groups in total. The fraction of sp³-hybridized carbons (Fsp3) is 0.500. The molecule has 1 aliphatic heterocycles. The number of methoxy groups -OCH3 is 1. The standard InChI is InChI=1S/C12H16N2O2/c1-16-12(15)11-4-2-3-10(14-11)9-5-7-13-8-6-9/h2-4,9,13H,5-8H2,1H3. The number of hydrogen-bond donors (Lipinski definition) is 1. The van der Waals surface area contributed by atoms with Gasteiger partial charge < -0.3 is 10.1 Å². The molecule has 4 nitrogen and oxygen atoms in total. The van der Waals surface area contributed by atoms with Crippen molar-refractivity contribution in [2.24, 2.45) is 0 Å². The molecular weight excluding hydrogens is 204 g/mol. The van der Waals surface area contributed by atoms with Crippen LogP contribution < -0.4 is 5.32 Å². The van der Waals surface area contributed by atoms with Gasteiger partial charge in [-0.05, 0) is 38.1 Å². The first-order valence-corrected chi connectivity index (χ1v) is 5.57. The SMILES string of the molecule is COC(=O)c1cccc(C2CCNCC2)n1. The fourth-order valence-corrected chi connectivity index (χ4v) is 2.01. The van der Waals surface area contributed by atoms with Crippen molar-refractivity contribution in [2.45, 2.75) is 18.8 Å². The van der Waals surface area contributed by atoms with Crippen molar-refractivity contribution in [1.82, 2.24) is 10.3 Å². The summed E-state index contributed by atoms with van der Waals surface area (Å²) in [4.78, 5) is 15.7. The van der Waals surface area contributed by atoms with Crippen LogP contribution in [0.4, 0.5) is 0 Å². The Bertz CT molecular complexity index is 373. The summed E-state index contributed by atoms with van der Waals surface area (Å²) in [5, 5.41) is 3.31. The molecule has 1 aromatic heterocycles. The molecule has 0 amide bonds. The second kappa shape index (κ2) is 5.07. The van der Waals surface area contributed by atoms with Gasteiger partial charge in [0.1, 0.15) is 5.69 Å². The van der Waals surface area contributed by atoms with E-state index in [0.29, 0.717) is 11.6 Å². The average Bonchev–Trinajstić information content (AvgIpc) is 2.39. The molecule has 16 heavy (non-hydrogen) atoms. The van der Waals surface area contributed by atoms with Gasteiger partial charge in [0.2, 0.25) is 0 Å². The number of piperidine rings is 1. The molecule has 0 spiro atoms. The van der Waals surface area contributed by atoms with Crippen LogP contribution in [0.25, 0.3) is 0 Å². The summed E-state index contributed by atoms with van der Waals surface area (Å²) in [6, 6.07) is 5.55. The van der Waals surface area contributed by atoms with Gasteiger partial charge >= 0.3 is 5.97 Å². The Morgan fingerprint density at radius 2 is 2.19 bits per heavy atom. The van der Waals surface area contributed by atoms with Gasteiger partial charge in [0.05, 0.1) is 7.11 Å². The molecule has 0 aliphatic carbocycles. The lowest BCUT2D eigenvalue weighted by atomic mass is 9.94. The molecule has 0 atom stereocenters. The number of nitrogens with one attached hydrogen (secondary N) is 1. The predicted molar refractivity (Wildman–Crippen MR) is 60.4 cm³/mol. The van der Waals surface area contributed by atoms with Gasteiger partial charge in [-0.15, -0.1) is 0 Å². The molecule has 4 heteroatoms. The third kappa shape index (κ3) is 2.39. The topological polar surface area (TPSA) is 51.2 Å². The number of pyridine rings is 1. The van der Waals surface area contributed by atoms with Gasteiger partial charge in [0.15, 0.2) is 0 Å². The van der Waals surface area contributed by atoms with Crippen LogP contribution >= 0.6 is 0 Å². The van der Waals surface area contributed by atoms with Crippen molar-refractivity contribution in [1.29, 1.82) is 0 Å². The number of hydrogen-bond acceptors (Lipinski definition) is 4. The molecule has 0 aromatic carbocycles. The number of carbonyl (C=O) groups is 1. The molecule has 0 radical (unpaired) electrons. The third-order valence-corrected chi connectivity index (χ3v) is 2.92. The molecule has 1 fully saturated rings. The molecule has 1 saturated heterocycles. The van der Waals surface area contributed by atoms with E-state index in [-0.39, 0.29) is 5.97 Å². The Balaban J connectivity index is 2.17. The van der Waals surface area contributed by atoms with Gasteiger partial charge in [-0.1, -0.05) is 6.07 Å². The molecular formula is C12H16N2O2. The van der Waals surface area contributed by atoms with Crippen LogP contribution in [0.5, 0.6) is 0 Å². The number of nitrogens with zero attached hydrogens (tertiary/aromatic N) is 1. The Morgan fingerprint density at radius 1 is 1.44 bits per heavy atom. The third-order valence-electron chi connectivity index (χ3n) is 2.92. The maximum absolute atomic E-state index is 11.4. The minimum absolute atomic E-state index is 0.365. The van der Waals surface area contributed by atoms with E-state index in [1.807, 2.05) is 12.1 Å². The first kappa shape index (κ1) is 11.1. The molecule has 1 aliphatic rings. The largest absolute Gasteiger partial charge is 0.464 e. The van der Waals surface area contributed by atoms with Crippen molar-refractivity contribution >= 4 is 5.97 Å². The molecule has 2 heterocycles. The van der Waals surface area contributed by atoms with Gasteiger partial charge in [-0.3, -0.25) is 0 Å². The van der Waals surface area contributed by atoms with E-state index in [1.54, 1.807) is 6.07 Å². The zero-order valence-electron chi connectivity index (χ0n) is 9.40. The first-order chi connectivity index (χ1) is 7.81. The summed E-state index contributed by atoms with van der Waals surface area (Å²) < 4.78 is 4.66. The molecule has 86 valence electrons. The average molecular weight is 220 g/mol. The smallest absolute Gasteiger partial charge is 0.356 e. The lowest BCUT2D eigenvalue weighted by molar-refractivity contribution is 0.0593. The maximum atomic E-state index is 11.4. The highest BCUT2D eigenvalue weighted by atomic mass is 16.5. The van der Waals surface area contributed by atoms with E-state index in [2.05, 4.69) is 15.0 Å². The highest BCUT2D eigenvalue weighted by Crippen LogP contribution is 2.23. The van der Waals surface area contributed by atoms with E-state index in [9.17, 15) is 4.79 Å². The summed E-state index contributed by atoms with van der Waals surface area (Å²) >= 11 is 0. The maximum Gasteiger partial charge on any atom is 0.356 e. The van der Waals surface area contributed by atoms with Gasteiger partial charge in [0, 0.05) is 11.6 Å². The van der Waals surface area contributed by atoms with E-state index in [1.165, 1.54) is 7.11 Å². The molecule has 0 saturated carbocycles. The number of ether oxygens (including phenoxy) is 1. The monoisotopic (exact) mass is 220 g/mol. The van der Waals surface area contributed by atoms with Crippen molar-refractivity contribution in [3.63, 3.8) is 0 Å². The number of rotatable bonds is 2. The Labute approximate surface area is 95.0 Å². The van der Waals surface area contributed by atoms with Gasteiger partial charge in [0.25, 0.3) is 0 Å². The number of carbonyl (C=O) groups excluding carboxylic acids is 1. The van der Waals surface area contributed by atoms with Crippen LogP contribution in [0.3, 0.4) is 0 Å². The van der Waals surface area contributed by atoms with Crippen molar-refractivity contribution < 1.29 is 9.53 Å². The van der Waals surface area contributed by atoms with E-state index in [0.717, 1.165) is 31.6 Å². The van der Waals surface area contributed by atoms with Crippen LogP contribution in [0.1, 0.15) is 34.9 Å². The molecule has 0 unspecified atom stereocenters. The van der Waals surface area contributed by atoms with Gasteiger partial charge in [-0.25, -0.2) is 9.78 Å². The lowest BCUT2D eigenvalue weighted by Gasteiger charge is -2.22. The van der Waals surface area contributed by atoms with Crippen molar-refractivity contribution in [3.05, 3.63) is 29.6 Å². The van der Waals surface area contributed by atoms with Crippen molar-refractivity contribution in [2.75, 3.05) is 20.2 Å². The Hall–Kier alpha value is -1.42. The second-order valence-electron chi connectivity index (χ2n) is 3.96. The minimum Gasteiger partial charge on any atom is -0.464 e. The second-order valence-corrected chi connectivity index (χ2v) is 3.96. The zero-order valence-corrected chi connectivity index (χ0v) is 9.40. The Kier molecular flexibility index (Phi) is 3.51. The van der Waals surface area contributed by atoms with Gasteiger partial charge in [-0.2, -0.15) is 0 Å². The highest BCUT2D eigenvalue weighted by molar-refractivity contribution is 5.87. The number of aromatic nitrogens is 1. The quantitative estimate of drug-likeness (QED) is 0.764. The van der Waals surface area contributed by atoms with E-state index < -0.39 is 0 Å². The first-order valence-electron chi connectivity index (χ1n) is 5.57. The fourth-order valence-electron chi connectivity index (χ4n) is 2.01. The lowest BCUT2D eigenvalue weighted by Crippen LogP contribution is -2.27. The Morgan fingerprint density at radius 3 is 2.88 bits per heavy atom. The summed E-state index contributed by atoms with van der Waals surface area (Å²) in [5.74, 6) is 0.0987. The predicted octanol–water partition coefficient (Wildman–Crippen LogP) is 1.34. The molecule has 1 aromatic rings. The highest BCUT2D eigenvalue weighted by Gasteiger charge is 2.17. The van der Waals surface area contributed by atoms with Crippen LogP contribution in [-0.4, -0.2) is 31.2 Å². The summed E-state index contributed by atoms with van der Waals surface area (Å²) in [7, 11) is 1.38. The zero-order chi connectivity index (χ0) is 11.4. The minimum atomic E-state index is -0.365. The van der Waals surface area contributed by atoms with Crippen LogP contribution in [-0.2, 0) is 4.74 Å². The summed E-state index contributed by atoms with van der Waals surface area (Å²) in [6.07, 6.45) is 2.16. The molecule has 0 bridgehead atoms. The van der Waals surface area contributed by atoms with E-state index >= 15 is 0 Å². The number of esters is 1.